The summed E-state index contributed by atoms with van der Waals surface area (Å²) in [4.78, 5) is 0. The van der Waals surface area contributed by atoms with E-state index in [1.165, 1.54) is 16.7 Å². The van der Waals surface area contributed by atoms with Gasteiger partial charge in [0.05, 0.1) is 0 Å². The number of phenols is 1. The van der Waals surface area contributed by atoms with Crippen LogP contribution in [0.1, 0.15) is 52.7 Å². The average molecular weight is 535 g/mol. The second-order valence-corrected chi connectivity index (χ2v) is 13.3. The minimum atomic E-state index is 0.0690. The van der Waals surface area contributed by atoms with Crippen LogP contribution in [0.2, 0.25) is 0 Å². The van der Waals surface area contributed by atoms with Gasteiger partial charge in [-0.15, -0.1) is 0 Å². The Kier molecular flexibility index (Phi) is 6.50. The molecule has 1 N–H and O–H groups in total. The van der Waals surface area contributed by atoms with Gasteiger partial charge >= 0.3 is 0 Å². The highest BCUT2D eigenvalue weighted by Gasteiger charge is 2.20. The first-order chi connectivity index (χ1) is 19.5. The molecule has 6 aromatic rings. The molecular weight excluding hydrogens is 496 g/mol. The lowest BCUT2D eigenvalue weighted by molar-refractivity contribution is 0.480. The van der Waals surface area contributed by atoms with Crippen molar-refractivity contribution >= 4 is 21.5 Å². The number of phenolic OH excluding ortho intramolecular Hbond substituents is 1. The molecule has 0 bridgehead atoms. The molecule has 1 heteroatoms. The number of benzene rings is 6. The van der Waals surface area contributed by atoms with Gasteiger partial charge in [-0.3, -0.25) is 0 Å². The van der Waals surface area contributed by atoms with E-state index in [-0.39, 0.29) is 10.8 Å². The maximum Gasteiger partial charge on any atom is 0.131 e. The predicted molar refractivity (Wildman–Crippen MR) is 177 cm³/mol. The Morgan fingerprint density at radius 3 is 1.49 bits per heavy atom. The Labute approximate surface area is 244 Å². The predicted octanol–water partition coefficient (Wildman–Crippen LogP) is 11.3. The van der Waals surface area contributed by atoms with Gasteiger partial charge in [0, 0.05) is 11.1 Å². The van der Waals surface area contributed by atoms with E-state index in [4.69, 9.17) is 0 Å². The Bertz CT molecular complexity index is 1880. The highest BCUT2D eigenvalue weighted by atomic mass is 16.3. The van der Waals surface area contributed by atoms with Crippen LogP contribution >= 0.6 is 0 Å². The van der Waals surface area contributed by atoms with Crippen molar-refractivity contribution in [2.24, 2.45) is 0 Å². The van der Waals surface area contributed by atoms with Gasteiger partial charge in [0.25, 0.3) is 0 Å². The summed E-state index contributed by atoms with van der Waals surface area (Å²) in [6.07, 6.45) is 0. The molecule has 0 aliphatic rings. The van der Waals surface area contributed by atoms with Gasteiger partial charge in [-0.2, -0.15) is 0 Å². The number of hydrogen-bond donors (Lipinski definition) is 1. The van der Waals surface area contributed by atoms with Gasteiger partial charge in [-0.25, -0.2) is 0 Å². The summed E-state index contributed by atoms with van der Waals surface area (Å²) in [5.41, 5.74) is 8.86. The van der Waals surface area contributed by atoms with E-state index in [9.17, 15) is 5.11 Å². The van der Waals surface area contributed by atoms with Gasteiger partial charge in [0.1, 0.15) is 5.75 Å². The van der Waals surface area contributed by atoms with Gasteiger partial charge in [0.2, 0.25) is 0 Å². The first kappa shape index (κ1) is 26.8. The third kappa shape index (κ3) is 5.02. The minimum absolute atomic E-state index is 0.0690. The molecule has 0 aliphatic heterocycles. The summed E-state index contributed by atoms with van der Waals surface area (Å²) in [6, 6.07) is 41.1. The fraction of sp³-hybridized carbons (Fsp3) is 0.200. The molecule has 0 radical (unpaired) electrons. The maximum atomic E-state index is 12.1. The molecule has 6 aromatic carbocycles. The van der Waals surface area contributed by atoms with Crippen molar-refractivity contribution in [3.05, 3.63) is 126 Å². The van der Waals surface area contributed by atoms with Gasteiger partial charge in [-0.1, -0.05) is 139 Å². The normalized spacial score (nSPS) is 12.2. The molecule has 0 saturated carbocycles. The third-order valence-corrected chi connectivity index (χ3v) is 8.30. The standard InChI is InChI=1S/C40H38O/c1-39(2,3)31-19-15-26(16-20-31)30-23-28-11-7-9-13-33(28)36(25-30)37-34-14-10-8-12-29(34)24-35(38(37)41)27-17-21-32(22-18-27)40(4,5)6/h7-25,41H,1-6H3. The summed E-state index contributed by atoms with van der Waals surface area (Å²) in [5.74, 6) is 0.317. The smallest absolute Gasteiger partial charge is 0.131 e. The third-order valence-electron chi connectivity index (χ3n) is 8.30. The van der Waals surface area contributed by atoms with E-state index in [2.05, 4.69) is 157 Å². The molecule has 0 unspecified atom stereocenters. The van der Waals surface area contributed by atoms with Crippen LogP contribution in [0, 0.1) is 0 Å². The highest BCUT2D eigenvalue weighted by molar-refractivity contribution is 6.11. The van der Waals surface area contributed by atoms with E-state index in [0.29, 0.717) is 5.75 Å². The van der Waals surface area contributed by atoms with Crippen molar-refractivity contribution in [1.82, 2.24) is 0 Å². The first-order valence-corrected chi connectivity index (χ1v) is 14.5. The van der Waals surface area contributed by atoms with Crippen molar-refractivity contribution in [2.45, 2.75) is 52.4 Å². The fourth-order valence-electron chi connectivity index (χ4n) is 5.83. The lowest BCUT2D eigenvalue weighted by atomic mass is 9.84. The molecule has 0 atom stereocenters. The van der Waals surface area contributed by atoms with Crippen molar-refractivity contribution in [2.75, 3.05) is 0 Å². The van der Waals surface area contributed by atoms with Crippen molar-refractivity contribution < 1.29 is 5.11 Å². The Hall–Kier alpha value is -4.36. The van der Waals surface area contributed by atoms with Crippen LogP contribution in [0.3, 0.4) is 0 Å². The molecule has 0 saturated heterocycles. The van der Waals surface area contributed by atoms with Crippen molar-refractivity contribution in [3.8, 4) is 39.1 Å². The van der Waals surface area contributed by atoms with E-state index >= 15 is 0 Å². The highest BCUT2D eigenvalue weighted by Crippen LogP contribution is 2.47. The molecule has 0 amide bonds. The zero-order valence-corrected chi connectivity index (χ0v) is 24.9. The Balaban J connectivity index is 1.61. The topological polar surface area (TPSA) is 20.2 Å². The van der Waals surface area contributed by atoms with E-state index in [1.54, 1.807) is 0 Å². The lowest BCUT2D eigenvalue weighted by Crippen LogP contribution is -2.10. The van der Waals surface area contributed by atoms with Crippen LogP contribution in [0.5, 0.6) is 5.75 Å². The van der Waals surface area contributed by atoms with Crippen LogP contribution in [0.25, 0.3) is 54.9 Å². The lowest BCUT2D eigenvalue weighted by Gasteiger charge is -2.21. The zero-order valence-electron chi connectivity index (χ0n) is 24.9. The van der Waals surface area contributed by atoms with Crippen LogP contribution in [0.15, 0.2) is 115 Å². The molecule has 0 spiro atoms. The number of fused-ring (bicyclic) bond motifs is 2. The Morgan fingerprint density at radius 1 is 0.439 bits per heavy atom. The largest absolute Gasteiger partial charge is 0.507 e. The molecule has 1 nitrogen and oxygen atoms in total. The fourth-order valence-corrected chi connectivity index (χ4v) is 5.83. The van der Waals surface area contributed by atoms with Gasteiger partial charge in [0.15, 0.2) is 0 Å². The molecule has 0 fully saturated rings. The quantitative estimate of drug-likeness (QED) is 0.239. The number of rotatable bonds is 3. The van der Waals surface area contributed by atoms with Crippen molar-refractivity contribution in [1.29, 1.82) is 0 Å². The van der Waals surface area contributed by atoms with Crippen molar-refractivity contribution in [3.63, 3.8) is 0 Å². The van der Waals surface area contributed by atoms with Crippen LogP contribution in [-0.4, -0.2) is 5.11 Å². The van der Waals surface area contributed by atoms with Crippen LogP contribution in [0.4, 0.5) is 0 Å². The molecule has 41 heavy (non-hydrogen) atoms. The zero-order chi connectivity index (χ0) is 28.9. The number of aromatic hydroxyl groups is 1. The summed E-state index contributed by atoms with van der Waals surface area (Å²) in [6.45, 7) is 13.4. The summed E-state index contributed by atoms with van der Waals surface area (Å²) in [5, 5.41) is 16.5. The molecule has 6 rings (SSSR count). The monoisotopic (exact) mass is 534 g/mol. The minimum Gasteiger partial charge on any atom is -0.507 e. The summed E-state index contributed by atoms with van der Waals surface area (Å²) < 4.78 is 0. The molecule has 0 heterocycles. The molecular formula is C40H38O. The second-order valence-electron chi connectivity index (χ2n) is 13.3. The number of hydrogen-bond acceptors (Lipinski definition) is 1. The van der Waals surface area contributed by atoms with E-state index < -0.39 is 0 Å². The molecule has 204 valence electrons. The second kappa shape index (κ2) is 9.93. The molecule has 0 aromatic heterocycles. The van der Waals surface area contributed by atoms with E-state index in [1.807, 2.05) is 0 Å². The van der Waals surface area contributed by atoms with E-state index in [0.717, 1.165) is 49.4 Å². The van der Waals surface area contributed by atoms with Gasteiger partial charge in [-0.05, 0) is 84.0 Å². The first-order valence-electron chi connectivity index (χ1n) is 14.5. The van der Waals surface area contributed by atoms with Crippen LogP contribution < -0.4 is 0 Å². The van der Waals surface area contributed by atoms with Crippen LogP contribution in [-0.2, 0) is 10.8 Å². The molecule has 0 aliphatic carbocycles. The SMILES string of the molecule is CC(C)(C)c1ccc(-c2cc(-c3c(O)c(-c4ccc(C(C)(C)C)cc4)cc4ccccc34)c3ccccc3c2)cc1. The summed E-state index contributed by atoms with van der Waals surface area (Å²) in [7, 11) is 0. The van der Waals surface area contributed by atoms with Gasteiger partial charge < -0.3 is 5.11 Å². The Morgan fingerprint density at radius 2 is 0.927 bits per heavy atom. The summed E-state index contributed by atoms with van der Waals surface area (Å²) >= 11 is 0. The average Bonchev–Trinajstić information content (AvgIpc) is 2.96. The maximum absolute atomic E-state index is 12.1.